The molecule has 49 heavy (non-hydrogen) atoms. The fourth-order valence-corrected chi connectivity index (χ4v) is 8.48. The van der Waals surface area contributed by atoms with Gasteiger partial charge in [-0.25, -0.2) is 9.98 Å². The second kappa shape index (κ2) is 11.3. The third-order valence-corrected chi connectivity index (χ3v) is 10.8. The van der Waals surface area contributed by atoms with Crippen molar-refractivity contribution in [2.45, 2.75) is 6.17 Å². The van der Waals surface area contributed by atoms with Crippen LogP contribution in [-0.4, -0.2) is 11.7 Å². The van der Waals surface area contributed by atoms with Crippen LogP contribution >= 0.6 is 11.3 Å². The van der Waals surface area contributed by atoms with Gasteiger partial charge >= 0.3 is 0 Å². The Balaban J connectivity index is 1.13. The van der Waals surface area contributed by atoms with Crippen LogP contribution in [0.3, 0.4) is 0 Å². The fraction of sp³-hybridized carbons (Fsp3) is 0.0222. The first-order chi connectivity index (χ1) is 24.3. The first-order valence-electron chi connectivity index (χ1n) is 16.6. The second-order valence-corrected chi connectivity index (χ2v) is 13.7. The average molecular weight is 644 g/mol. The zero-order valence-corrected chi connectivity index (χ0v) is 27.3. The molecule has 1 atom stereocenters. The Morgan fingerprint density at radius 2 is 1.10 bits per heavy atom. The van der Waals surface area contributed by atoms with Crippen molar-refractivity contribution in [2.75, 3.05) is 0 Å². The summed E-state index contributed by atoms with van der Waals surface area (Å²) in [7, 11) is 0. The zero-order chi connectivity index (χ0) is 32.3. The third kappa shape index (κ3) is 4.72. The molecule has 0 saturated heterocycles. The minimum absolute atomic E-state index is 0.273. The predicted octanol–water partition coefficient (Wildman–Crippen LogP) is 11.7. The van der Waals surface area contributed by atoms with Crippen LogP contribution < -0.4 is 5.32 Å². The molecule has 1 unspecified atom stereocenters. The summed E-state index contributed by atoms with van der Waals surface area (Å²) in [6.45, 7) is 0. The minimum atomic E-state index is -0.273. The maximum atomic E-state index is 5.26. The Labute approximate surface area is 287 Å². The molecule has 0 amide bonds. The maximum absolute atomic E-state index is 5.26. The van der Waals surface area contributed by atoms with Crippen LogP contribution in [0.2, 0.25) is 0 Å². The lowest BCUT2D eigenvalue weighted by Crippen LogP contribution is -2.33. The van der Waals surface area contributed by atoms with Crippen molar-refractivity contribution in [1.29, 1.82) is 0 Å². The van der Waals surface area contributed by atoms with Gasteiger partial charge in [-0.3, -0.25) is 0 Å². The maximum Gasteiger partial charge on any atom is 0.159 e. The summed E-state index contributed by atoms with van der Waals surface area (Å²) in [6.07, 6.45) is -0.273. The number of fused-ring (bicyclic) bond motifs is 8. The monoisotopic (exact) mass is 643 g/mol. The molecule has 1 aliphatic heterocycles. The Hall–Kier alpha value is -6.10. The van der Waals surface area contributed by atoms with Gasteiger partial charge in [-0.1, -0.05) is 146 Å². The molecule has 0 fully saturated rings. The van der Waals surface area contributed by atoms with Gasteiger partial charge in [0.05, 0.1) is 0 Å². The number of amidine groups is 2. The van der Waals surface area contributed by atoms with Crippen molar-refractivity contribution in [3.8, 4) is 11.1 Å². The van der Waals surface area contributed by atoms with Crippen LogP contribution in [0, 0.1) is 0 Å². The number of hydrogen-bond acceptors (Lipinski definition) is 4. The SMILES string of the molecule is c1ccc(C2N=C(c3ccc(-c4ccc5ccccc5c4)cc3)N=C(c3cc4sc5ccc6ccccc6c5c4c4ccccc34)N2)cc1. The van der Waals surface area contributed by atoms with Gasteiger partial charge in [0.15, 0.2) is 5.84 Å². The van der Waals surface area contributed by atoms with Crippen molar-refractivity contribution in [1.82, 2.24) is 5.32 Å². The minimum Gasteiger partial charge on any atom is -0.344 e. The lowest BCUT2D eigenvalue weighted by Gasteiger charge is -2.24. The molecule has 9 aromatic rings. The van der Waals surface area contributed by atoms with Gasteiger partial charge < -0.3 is 5.32 Å². The van der Waals surface area contributed by atoms with Gasteiger partial charge in [0, 0.05) is 31.3 Å². The van der Waals surface area contributed by atoms with Crippen molar-refractivity contribution in [3.05, 3.63) is 180 Å². The average Bonchev–Trinajstić information content (AvgIpc) is 3.57. The van der Waals surface area contributed by atoms with E-state index in [4.69, 9.17) is 9.98 Å². The molecule has 8 aromatic carbocycles. The van der Waals surface area contributed by atoms with Crippen molar-refractivity contribution in [2.24, 2.45) is 9.98 Å². The van der Waals surface area contributed by atoms with Crippen LogP contribution in [0.25, 0.3) is 63.6 Å². The first kappa shape index (κ1) is 28.0. The van der Waals surface area contributed by atoms with Gasteiger partial charge in [0.2, 0.25) is 0 Å². The molecular weight excluding hydrogens is 615 g/mol. The number of rotatable bonds is 4. The Morgan fingerprint density at radius 1 is 0.469 bits per heavy atom. The Bertz CT molecular complexity index is 2790. The molecule has 1 aromatic heterocycles. The van der Waals surface area contributed by atoms with Crippen LogP contribution in [-0.2, 0) is 0 Å². The summed E-state index contributed by atoms with van der Waals surface area (Å²) in [6, 6.07) is 58.5. The van der Waals surface area contributed by atoms with Gasteiger partial charge in [0.25, 0.3) is 0 Å². The lowest BCUT2D eigenvalue weighted by atomic mass is 9.96. The van der Waals surface area contributed by atoms with Crippen molar-refractivity contribution < 1.29 is 0 Å². The van der Waals surface area contributed by atoms with Crippen LogP contribution in [0.15, 0.2) is 174 Å². The molecule has 1 N–H and O–H groups in total. The van der Waals surface area contributed by atoms with E-state index in [9.17, 15) is 0 Å². The highest BCUT2D eigenvalue weighted by molar-refractivity contribution is 7.26. The number of nitrogens with zero attached hydrogens (tertiary/aromatic N) is 2. The molecule has 2 heterocycles. The van der Waals surface area contributed by atoms with E-state index in [0.29, 0.717) is 0 Å². The third-order valence-electron chi connectivity index (χ3n) is 9.71. The quantitative estimate of drug-likeness (QED) is 0.204. The molecule has 230 valence electrons. The van der Waals surface area contributed by atoms with E-state index in [0.717, 1.165) is 28.4 Å². The van der Waals surface area contributed by atoms with E-state index < -0.39 is 0 Å². The number of benzene rings is 8. The lowest BCUT2D eigenvalue weighted by molar-refractivity contribution is 0.674. The Morgan fingerprint density at radius 3 is 1.94 bits per heavy atom. The largest absolute Gasteiger partial charge is 0.344 e. The molecule has 1 aliphatic rings. The number of aliphatic imine (C=N–C) groups is 2. The molecule has 0 radical (unpaired) electrons. The summed E-state index contributed by atoms with van der Waals surface area (Å²) < 4.78 is 2.55. The molecule has 0 spiro atoms. The molecule has 0 bridgehead atoms. The van der Waals surface area contributed by atoms with E-state index in [1.807, 2.05) is 17.4 Å². The molecule has 10 rings (SSSR count). The Kier molecular flexibility index (Phi) is 6.42. The zero-order valence-electron chi connectivity index (χ0n) is 26.5. The van der Waals surface area contributed by atoms with Gasteiger partial charge in [0.1, 0.15) is 12.0 Å². The highest BCUT2D eigenvalue weighted by Crippen LogP contribution is 2.43. The van der Waals surface area contributed by atoms with Gasteiger partial charge in [-0.2, -0.15) is 0 Å². The summed E-state index contributed by atoms with van der Waals surface area (Å²) in [4.78, 5) is 10.4. The molecule has 4 heteroatoms. The van der Waals surface area contributed by atoms with Crippen LogP contribution in [0.4, 0.5) is 0 Å². The van der Waals surface area contributed by atoms with Gasteiger partial charge in [-0.05, 0) is 67.2 Å². The topological polar surface area (TPSA) is 36.8 Å². The van der Waals surface area contributed by atoms with Crippen LogP contribution in [0.5, 0.6) is 0 Å². The standard InChI is InChI=1S/C45H29N3S/c1-2-12-31(13-3-1)43-46-44(32-21-18-29(19-22-32)34-23-20-28-10-4-5-14-33(28)26-34)48-45(47-43)38-27-40-42(37-17-9-8-16-36(37)38)41-35-15-7-6-11-30(35)24-25-39(41)49-40/h1-27,43H,(H,46,47,48). The second-order valence-electron chi connectivity index (χ2n) is 12.6. The molecule has 3 nitrogen and oxygen atoms in total. The highest BCUT2D eigenvalue weighted by atomic mass is 32.1. The van der Waals surface area contributed by atoms with Gasteiger partial charge in [-0.15, -0.1) is 11.3 Å². The van der Waals surface area contributed by atoms with Crippen molar-refractivity contribution in [3.63, 3.8) is 0 Å². The molecule has 0 saturated carbocycles. The van der Waals surface area contributed by atoms with E-state index in [1.54, 1.807) is 0 Å². The number of thiophene rings is 1. The summed E-state index contributed by atoms with van der Waals surface area (Å²) in [5, 5.41) is 13.8. The smallest absolute Gasteiger partial charge is 0.159 e. The predicted molar refractivity (Wildman–Crippen MR) is 209 cm³/mol. The van der Waals surface area contributed by atoms with E-state index in [-0.39, 0.29) is 6.17 Å². The first-order valence-corrected chi connectivity index (χ1v) is 17.4. The summed E-state index contributed by atoms with van der Waals surface area (Å²) in [5.41, 5.74) is 5.53. The number of nitrogens with one attached hydrogen (secondary N) is 1. The number of hydrogen-bond donors (Lipinski definition) is 1. The van der Waals surface area contributed by atoms with E-state index in [1.165, 1.54) is 63.6 Å². The summed E-state index contributed by atoms with van der Waals surface area (Å²) >= 11 is 1.85. The molecule has 0 aliphatic carbocycles. The fourth-order valence-electron chi connectivity index (χ4n) is 7.30. The van der Waals surface area contributed by atoms with Crippen molar-refractivity contribution >= 4 is 75.5 Å². The molecular formula is C45H29N3S. The highest BCUT2D eigenvalue weighted by Gasteiger charge is 2.24. The van der Waals surface area contributed by atoms with Crippen LogP contribution in [0.1, 0.15) is 22.9 Å². The summed E-state index contributed by atoms with van der Waals surface area (Å²) in [5.74, 6) is 1.55. The van der Waals surface area contributed by atoms with E-state index >= 15 is 0 Å². The van der Waals surface area contributed by atoms with E-state index in [2.05, 4.69) is 163 Å². The normalized spacial score (nSPS) is 14.7.